The first-order valence-corrected chi connectivity index (χ1v) is 8.86. The molecule has 6 nitrogen and oxygen atoms in total. The minimum Gasteiger partial charge on any atom is -0.462 e. The smallest absolute Gasteiger partial charge is 0.433 e. The van der Waals surface area contributed by atoms with E-state index in [9.17, 15) is 18.0 Å². The van der Waals surface area contributed by atoms with Gasteiger partial charge in [-0.15, -0.1) is 0 Å². The van der Waals surface area contributed by atoms with E-state index in [1.54, 1.807) is 13.0 Å². The number of hydrogen-bond donors (Lipinski definition) is 0. The average Bonchev–Trinajstić information content (AvgIpc) is 3.02. The molecule has 1 saturated carbocycles. The van der Waals surface area contributed by atoms with Gasteiger partial charge in [0, 0.05) is 24.8 Å². The van der Waals surface area contributed by atoms with Crippen LogP contribution in [-0.4, -0.2) is 40.4 Å². The molecule has 2 aliphatic rings. The molecule has 9 heteroatoms. The number of anilines is 1. The number of hydrogen-bond acceptors (Lipinski definition) is 5. The van der Waals surface area contributed by atoms with Gasteiger partial charge in [-0.3, -0.25) is 4.68 Å². The first-order chi connectivity index (χ1) is 12.8. The number of pyridine rings is 1. The Balaban J connectivity index is 1.57. The van der Waals surface area contributed by atoms with Gasteiger partial charge in [0.15, 0.2) is 5.69 Å². The van der Waals surface area contributed by atoms with Crippen molar-refractivity contribution >= 4 is 11.8 Å². The molecule has 0 N–H and O–H groups in total. The van der Waals surface area contributed by atoms with Crippen molar-refractivity contribution in [2.24, 2.45) is 11.8 Å². The number of alkyl halides is 3. The molecule has 2 aromatic heterocycles. The summed E-state index contributed by atoms with van der Waals surface area (Å²) in [6.45, 7) is 3.31. The van der Waals surface area contributed by atoms with Crippen molar-refractivity contribution in [1.29, 1.82) is 0 Å². The van der Waals surface area contributed by atoms with E-state index in [0.29, 0.717) is 17.7 Å². The van der Waals surface area contributed by atoms with Crippen LogP contribution in [0.4, 0.5) is 19.0 Å². The van der Waals surface area contributed by atoms with Crippen molar-refractivity contribution in [1.82, 2.24) is 14.8 Å². The second kappa shape index (κ2) is 6.54. The highest BCUT2D eigenvalue weighted by Crippen LogP contribution is 2.46. The van der Waals surface area contributed by atoms with E-state index < -0.39 is 17.8 Å². The third kappa shape index (κ3) is 3.63. The van der Waals surface area contributed by atoms with Crippen LogP contribution < -0.4 is 4.90 Å². The molecule has 2 aromatic rings. The zero-order chi connectivity index (χ0) is 19.2. The lowest BCUT2D eigenvalue weighted by molar-refractivity contribution is -0.141. The van der Waals surface area contributed by atoms with Crippen LogP contribution in [0.3, 0.4) is 0 Å². The molecule has 0 aromatic carbocycles. The van der Waals surface area contributed by atoms with E-state index in [2.05, 4.69) is 10.1 Å². The number of rotatable bonds is 5. The fourth-order valence-electron chi connectivity index (χ4n) is 3.56. The summed E-state index contributed by atoms with van der Waals surface area (Å²) in [6.07, 6.45) is -0.739. The summed E-state index contributed by atoms with van der Waals surface area (Å²) in [5.41, 5.74) is -0.700. The molecule has 1 aliphatic heterocycles. The minimum atomic E-state index is -4.56. The summed E-state index contributed by atoms with van der Waals surface area (Å²) in [6, 6.07) is 3.08. The molecule has 27 heavy (non-hydrogen) atoms. The molecule has 2 fully saturated rings. The van der Waals surface area contributed by atoms with Crippen LogP contribution in [0.1, 0.15) is 35.0 Å². The predicted molar refractivity (Wildman–Crippen MR) is 90.3 cm³/mol. The van der Waals surface area contributed by atoms with Gasteiger partial charge in [-0.25, -0.2) is 9.78 Å². The van der Waals surface area contributed by atoms with E-state index in [1.807, 2.05) is 4.90 Å². The first-order valence-electron chi connectivity index (χ1n) is 8.86. The largest absolute Gasteiger partial charge is 0.462 e. The topological polar surface area (TPSA) is 60.2 Å². The second-order valence-corrected chi connectivity index (χ2v) is 6.98. The number of nitrogens with zero attached hydrogens (tertiary/aromatic N) is 4. The van der Waals surface area contributed by atoms with Crippen LogP contribution >= 0.6 is 0 Å². The quantitative estimate of drug-likeness (QED) is 0.747. The number of piperidine rings is 1. The van der Waals surface area contributed by atoms with Gasteiger partial charge >= 0.3 is 12.1 Å². The minimum absolute atomic E-state index is 0.00844. The molecular weight excluding hydrogens is 361 g/mol. The van der Waals surface area contributed by atoms with Gasteiger partial charge in [-0.05, 0) is 31.2 Å². The van der Waals surface area contributed by atoms with E-state index >= 15 is 0 Å². The second-order valence-electron chi connectivity index (χ2n) is 6.98. The Bertz CT molecular complexity index is 855. The SMILES string of the molecule is CCOC(=O)c1cnn(Cc2ccc(N3CC4CC4C3)nc2C(F)(F)F)c1. The van der Waals surface area contributed by atoms with Crippen LogP contribution in [0.15, 0.2) is 24.5 Å². The van der Waals surface area contributed by atoms with Crippen LogP contribution in [0, 0.1) is 11.8 Å². The highest BCUT2D eigenvalue weighted by molar-refractivity contribution is 5.88. The van der Waals surface area contributed by atoms with E-state index in [4.69, 9.17) is 4.74 Å². The lowest BCUT2D eigenvalue weighted by atomic mass is 10.1. The predicted octanol–water partition coefficient (Wildman–Crippen LogP) is 2.98. The summed E-state index contributed by atoms with van der Waals surface area (Å²) >= 11 is 0. The van der Waals surface area contributed by atoms with Crippen LogP contribution in [0.2, 0.25) is 0 Å². The molecule has 0 radical (unpaired) electrons. The Kier molecular flexibility index (Phi) is 4.32. The summed E-state index contributed by atoms with van der Waals surface area (Å²) in [4.78, 5) is 17.5. The Labute approximate surface area is 153 Å². The molecule has 4 rings (SSSR count). The number of aromatic nitrogens is 3. The highest BCUT2D eigenvalue weighted by Gasteiger charge is 2.46. The Morgan fingerprint density at radius 1 is 1.30 bits per heavy atom. The monoisotopic (exact) mass is 380 g/mol. The van der Waals surface area contributed by atoms with Crippen molar-refractivity contribution in [3.05, 3.63) is 41.3 Å². The third-order valence-electron chi connectivity index (χ3n) is 5.01. The maximum absolute atomic E-state index is 13.6. The van der Waals surface area contributed by atoms with E-state index in [0.717, 1.165) is 13.1 Å². The molecule has 3 heterocycles. The zero-order valence-electron chi connectivity index (χ0n) is 14.7. The number of carbonyl (C=O) groups is 1. The Morgan fingerprint density at radius 2 is 2.04 bits per heavy atom. The molecule has 2 atom stereocenters. The maximum Gasteiger partial charge on any atom is 0.433 e. The van der Waals surface area contributed by atoms with Gasteiger partial charge < -0.3 is 9.64 Å². The standard InChI is InChI=1S/C18H19F3N4O2/c1-2-27-17(26)14-6-22-25(10-14)9-11-3-4-15(23-16(11)18(19,20)21)24-7-12-5-13(12)8-24/h3-4,6,10,12-13H,2,5,7-9H2,1H3. The van der Waals surface area contributed by atoms with E-state index in [-0.39, 0.29) is 24.3 Å². The van der Waals surface area contributed by atoms with Gasteiger partial charge in [-0.1, -0.05) is 6.07 Å². The van der Waals surface area contributed by atoms with Crippen molar-refractivity contribution in [3.63, 3.8) is 0 Å². The third-order valence-corrected chi connectivity index (χ3v) is 5.01. The fraction of sp³-hybridized carbons (Fsp3) is 0.500. The number of fused-ring (bicyclic) bond motifs is 1. The van der Waals surface area contributed by atoms with Crippen molar-refractivity contribution in [2.45, 2.75) is 26.1 Å². The molecule has 0 bridgehead atoms. The summed E-state index contributed by atoms with van der Waals surface area (Å²) in [7, 11) is 0. The summed E-state index contributed by atoms with van der Waals surface area (Å²) in [5.74, 6) is 1.02. The van der Waals surface area contributed by atoms with Crippen molar-refractivity contribution < 1.29 is 22.7 Å². The lowest BCUT2D eigenvalue weighted by Crippen LogP contribution is -2.25. The van der Waals surface area contributed by atoms with Gasteiger partial charge in [-0.2, -0.15) is 18.3 Å². The molecule has 0 amide bonds. The average molecular weight is 380 g/mol. The first kappa shape index (κ1) is 17.8. The Morgan fingerprint density at radius 3 is 2.70 bits per heavy atom. The van der Waals surface area contributed by atoms with Crippen LogP contribution in [0.5, 0.6) is 0 Å². The van der Waals surface area contributed by atoms with Gasteiger partial charge in [0.25, 0.3) is 0 Å². The lowest BCUT2D eigenvalue weighted by Gasteiger charge is -2.21. The summed E-state index contributed by atoms with van der Waals surface area (Å²) < 4.78 is 46.8. The van der Waals surface area contributed by atoms with E-state index in [1.165, 1.54) is 29.6 Å². The molecule has 1 saturated heterocycles. The molecular formula is C18H19F3N4O2. The van der Waals surface area contributed by atoms with Crippen LogP contribution in [-0.2, 0) is 17.5 Å². The zero-order valence-corrected chi connectivity index (χ0v) is 14.7. The molecule has 1 aliphatic carbocycles. The Hall–Kier alpha value is -2.58. The molecule has 0 spiro atoms. The number of halogens is 3. The molecule has 144 valence electrons. The summed E-state index contributed by atoms with van der Waals surface area (Å²) in [5, 5.41) is 3.96. The molecule has 2 unspecified atom stereocenters. The normalized spacial score (nSPS) is 21.3. The number of ether oxygens (including phenoxy) is 1. The van der Waals surface area contributed by atoms with Gasteiger partial charge in [0.1, 0.15) is 5.82 Å². The number of carbonyl (C=O) groups excluding carboxylic acids is 1. The van der Waals surface area contributed by atoms with Crippen molar-refractivity contribution in [3.8, 4) is 0 Å². The van der Waals surface area contributed by atoms with Gasteiger partial charge in [0.2, 0.25) is 0 Å². The maximum atomic E-state index is 13.6. The van der Waals surface area contributed by atoms with Crippen LogP contribution in [0.25, 0.3) is 0 Å². The van der Waals surface area contributed by atoms with Crippen molar-refractivity contribution in [2.75, 3.05) is 24.6 Å². The number of esters is 1. The van der Waals surface area contributed by atoms with Gasteiger partial charge in [0.05, 0.1) is 24.9 Å². The highest BCUT2D eigenvalue weighted by atomic mass is 19.4. The fourth-order valence-corrected chi connectivity index (χ4v) is 3.56.